The molecule has 1 saturated heterocycles. The summed E-state index contributed by atoms with van der Waals surface area (Å²) >= 11 is 0. The molecule has 6 nitrogen and oxygen atoms in total. The standard InChI is InChI=1S/C18H23F3N2O4/c1-5-13(17(2,3)4)14(24)22-15-16(25)23(10-26-15)11-7-6-8-12(9-11)27-18(19,20)21/h6-9,13,15H,5,10H2,1-4H3,(H,22,24). The molecule has 0 bridgehead atoms. The number of anilines is 1. The van der Waals surface area contributed by atoms with Gasteiger partial charge in [-0.25, -0.2) is 0 Å². The van der Waals surface area contributed by atoms with Crippen molar-refractivity contribution in [1.82, 2.24) is 5.32 Å². The Morgan fingerprint density at radius 1 is 1.37 bits per heavy atom. The predicted octanol–water partition coefficient (Wildman–Crippen LogP) is 3.42. The molecule has 9 heteroatoms. The topological polar surface area (TPSA) is 67.9 Å². The minimum absolute atomic E-state index is 0.182. The number of hydrogen-bond acceptors (Lipinski definition) is 4. The summed E-state index contributed by atoms with van der Waals surface area (Å²) in [5.74, 6) is -1.62. The van der Waals surface area contributed by atoms with Crippen molar-refractivity contribution >= 4 is 17.5 Å². The SMILES string of the molecule is CCC(C(=O)NC1OCN(c2cccc(OC(F)(F)F)c2)C1=O)C(C)(C)C. The van der Waals surface area contributed by atoms with E-state index < -0.39 is 24.2 Å². The highest BCUT2D eigenvalue weighted by atomic mass is 19.4. The summed E-state index contributed by atoms with van der Waals surface area (Å²) in [7, 11) is 0. The van der Waals surface area contributed by atoms with Crippen LogP contribution >= 0.6 is 0 Å². The zero-order valence-corrected chi connectivity index (χ0v) is 15.6. The highest BCUT2D eigenvalue weighted by molar-refractivity contribution is 6.00. The number of benzene rings is 1. The molecule has 0 saturated carbocycles. The van der Waals surface area contributed by atoms with E-state index >= 15 is 0 Å². The summed E-state index contributed by atoms with van der Waals surface area (Å²) in [6.45, 7) is 7.47. The van der Waals surface area contributed by atoms with Gasteiger partial charge in [0.05, 0.1) is 0 Å². The quantitative estimate of drug-likeness (QED) is 0.839. The molecule has 1 aliphatic rings. The molecule has 1 aromatic rings. The summed E-state index contributed by atoms with van der Waals surface area (Å²) in [4.78, 5) is 26.1. The Hall–Kier alpha value is -2.29. The molecule has 0 aliphatic carbocycles. The Balaban J connectivity index is 2.09. The molecule has 2 atom stereocenters. The first kappa shape index (κ1) is 21.0. The van der Waals surface area contributed by atoms with E-state index in [1.54, 1.807) is 0 Å². The Labute approximate surface area is 155 Å². The van der Waals surface area contributed by atoms with Crippen LogP contribution in [0.25, 0.3) is 0 Å². The Morgan fingerprint density at radius 3 is 2.59 bits per heavy atom. The third-order valence-electron chi connectivity index (χ3n) is 4.27. The average Bonchev–Trinajstić information content (AvgIpc) is 2.86. The van der Waals surface area contributed by atoms with E-state index in [2.05, 4.69) is 10.1 Å². The summed E-state index contributed by atoms with van der Waals surface area (Å²) in [6.07, 6.45) is -5.42. The molecule has 1 N–H and O–H groups in total. The third kappa shape index (κ3) is 5.35. The highest BCUT2D eigenvalue weighted by Crippen LogP contribution is 2.30. The largest absolute Gasteiger partial charge is 0.573 e. The first-order valence-corrected chi connectivity index (χ1v) is 8.51. The number of alkyl halides is 3. The molecule has 0 aromatic heterocycles. The lowest BCUT2D eigenvalue weighted by Crippen LogP contribution is -2.47. The lowest BCUT2D eigenvalue weighted by atomic mass is 9.78. The van der Waals surface area contributed by atoms with Gasteiger partial charge in [0.25, 0.3) is 5.91 Å². The highest BCUT2D eigenvalue weighted by Gasteiger charge is 2.38. The number of nitrogens with zero attached hydrogens (tertiary/aromatic N) is 1. The molecule has 2 unspecified atom stereocenters. The smallest absolute Gasteiger partial charge is 0.406 e. The lowest BCUT2D eigenvalue weighted by Gasteiger charge is -2.29. The Morgan fingerprint density at radius 2 is 2.04 bits per heavy atom. The molecule has 1 aromatic carbocycles. The maximum absolute atomic E-state index is 12.5. The number of nitrogens with one attached hydrogen (secondary N) is 1. The number of halogens is 3. The molecular weight excluding hydrogens is 365 g/mol. The first-order chi connectivity index (χ1) is 12.4. The van der Waals surface area contributed by atoms with E-state index in [9.17, 15) is 22.8 Å². The summed E-state index contributed by atoms with van der Waals surface area (Å²) < 4.78 is 46.3. The monoisotopic (exact) mass is 388 g/mol. The van der Waals surface area contributed by atoms with Crippen LogP contribution in [0.15, 0.2) is 24.3 Å². The number of hydrogen-bond donors (Lipinski definition) is 1. The fourth-order valence-corrected chi connectivity index (χ4v) is 3.00. The van der Waals surface area contributed by atoms with E-state index in [1.807, 2.05) is 27.7 Å². The van der Waals surface area contributed by atoms with Crippen LogP contribution < -0.4 is 15.0 Å². The van der Waals surface area contributed by atoms with Gasteiger partial charge in [-0.05, 0) is 24.0 Å². The van der Waals surface area contributed by atoms with Crippen molar-refractivity contribution in [2.75, 3.05) is 11.6 Å². The molecule has 0 radical (unpaired) electrons. The number of carbonyl (C=O) groups excluding carboxylic acids is 2. The van der Waals surface area contributed by atoms with Gasteiger partial charge in [0.1, 0.15) is 12.5 Å². The number of carbonyl (C=O) groups is 2. The van der Waals surface area contributed by atoms with Crippen LogP contribution in [0.5, 0.6) is 5.75 Å². The van der Waals surface area contributed by atoms with Crippen LogP contribution in [0.4, 0.5) is 18.9 Å². The van der Waals surface area contributed by atoms with Crippen LogP contribution in [-0.4, -0.2) is 31.1 Å². The second-order valence-corrected chi connectivity index (χ2v) is 7.32. The van der Waals surface area contributed by atoms with Crippen LogP contribution in [0, 0.1) is 11.3 Å². The fraction of sp³-hybridized carbons (Fsp3) is 0.556. The molecular formula is C18H23F3N2O4. The van der Waals surface area contributed by atoms with Crippen LogP contribution in [-0.2, 0) is 14.3 Å². The predicted molar refractivity (Wildman–Crippen MR) is 91.7 cm³/mol. The molecule has 2 rings (SSSR count). The third-order valence-corrected chi connectivity index (χ3v) is 4.27. The van der Waals surface area contributed by atoms with Crippen LogP contribution in [0.1, 0.15) is 34.1 Å². The van der Waals surface area contributed by atoms with Gasteiger partial charge in [0, 0.05) is 17.7 Å². The van der Waals surface area contributed by atoms with Gasteiger partial charge in [-0.15, -0.1) is 13.2 Å². The van der Waals surface area contributed by atoms with E-state index in [-0.39, 0.29) is 29.7 Å². The van der Waals surface area contributed by atoms with Crippen molar-refractivity contribution in [3.8, 4) is 5.75 Å². The molecule has 1 aliphatic heterocycles. The summed E-state index contributed by atoms with van der Waals surface area (Å²) in [6, 6.07) is 5.01. The summed E-state index contributed by atoms with van der Waals surface area (Å²) in [5, 5.41) is 2.58. The van der Waals surface area contributed by atoms with E-state index in [0.717, 1.165) is 17.0 Å². The number of rotatable bonds is 5. The van der Waals surface area contributed by atoms with Crippen molar-refractivity contribution in [2.24, 2.45) is 11.3 Å². The van der Waals surface area contributed by atoms with Crippen molar-refractivity contribution in [1.29, 1.82) is 0 Å². The minimum atomic E-state index is -4.83. The van der Waals surface area contributed by atoms with E-state index in [4.69, 9.17) is 4.74 Å². The molecule has 0 spiro atoms. The van der Waals surface area contributed by atoms with E-state index in [1.165, 1.54) is 12.1 Å². The molecule has 1 heterocycles. The van der Waals surface area contributed by atoms with Gasteiger partial charge in [0.2, 0.25) is 12.1 Å². The summed E-state index contributed by atoms with van der Waals surface area (Å²) in [5.41, 5.74) is -0.106. The van der Waals surface area contributed by atoms with E-state index in [0.29, 0.717) is 6.42 Å². The number of amides is 2. The van der Waals surface area contributed by atoms with Crippen LogP contribution in [0.3, 0.4) is 0 Å². The molecule has 1 fully saturated rings. The zero-order valence-electron chi connectivity index (χ0n) is 15.6. The Bertz CT molecular complexity index is 701. The van der Waals surface area contributed by atoms with Gasteiger partial charge in [-0.3, -0.25) is 14.5 Å². The van der Waals surface area contributed by atoms with Crippen molar-refractivity contribution in [2.45, 2.75) is 46.7 Å². The second kappa shape index (κ2) is 7.75. The van der Waals surface area contributed by atoms with Crippen molar-refractivity contribution in [3.05, 3.63) is 24.3 Å². The van der Waals surface area contributed by atoms with Gasteiger partial charge < -0.3 is 14.8 Å². The normalized spacial score (nSPS) is 19.1. The fourth-order valence-electron chi connectivity index (χ4n) is 3.00. The van der Waals surface area contributed by atoms with Gasteiger partial charge in [-0.2, -0.15) is 0 Å². The van der Waals surface area contributed by atoms with Crippen LogP contribution in [0.2, 0.25) is 0 Å². The first-order valence-electron chi connectivity index (χ1n) is 8.51. The number of ether oxygens (including phenoxy) is 2. The zero-order chi connectivity index (χ0) is 20.4. The average molecular weight is 388 g/mol. The van der Waals surface area contributed by atoms with Gasteiger partial charge >= 0.3 is 6.36 Å². The lowest BCUT2D eigenvalue weighted by molar-refractivity contribution is -0.274. The Kier molecular flexibility index (Phi) is 6.04. The van der Waals surface area contributed by atoms with Gasteiger partial charge in [0.15, 0.2) is 0 Å². The second-order valence-electron chi connectivity index (χ2n) is 7.32. The van der Waals surface area contributed by atoms with Crippen molar-refractivity contribution in [3.63, 3.8) is 0 Å². The molecule has 2 amide bonds. The maximum atomic E-state index is 12.5. The van der Waals surface area contributed by atoms with Gasteiger partial charge in [-0.1, -0.05) is 33.8 Å². The maximum Gasteiger partial charge on any atom is 0.573 e. The molecule has 150 valence electrons. The van der Waals surface area contributed by atoms with Crippen molar-refractivity contribution < 1.29 is 32.2 Å². The molecule has 27 heavy (non-hydrogen) atoms. The minimum Gasteiger partial charge on any atom is -0.406 e.